The average molecular weight is 1610 g/mol. The van der Waals surface area contributed by atoms with Crippen molar-refractivity contribution in [2.75, 3.05) is 46.2 Å². The summed E-state index contributed by atoms with van der Waals surface area (Å²) in [4.78, 5) is 51.6. The summed E-state index contributed by atoms with van der Waals surface area (Å²) in [5, 5.41) is 266. The largest absolute Gasteiger partial charge is 0.394 e. The van der Waals surface area contributed by atoms with Crippen LogP contribution in [-0.4, -0.2) is 463 Å². The number of carbonyl (C=O) groups excluding carboxylic acids is 4. The predicted molar refractivity (Wildman–Crippen MR) is 341 cm³/mol. The van der Waals surface area contributed by atoms with Gasteiger partial charge < -0.3 is 219 Å². The Morgan fingerprint density at radius 1 is 0.255 bits per heavy atom. The first kappa shape index (κ1) is 90.2. The van der Waals surface area contributed by atoms with Crippen molar-refractivity contribution in [3.63, 3.8) is 0 Å². The molecule has 4 amide bonds. The van der Waals surface area contributed by atoms with Crippen LogP contribution in [0, 0.1) is 0 Å². The molecule has 9 fully saturated rings. The molecule has 0 saturated carbocycles. The van der Waals surface area contributed by atoms with Gasteiger partial charge in [0.2, 0.25) is 23.6 Å². The first-order valence-corrected chi connectivity index (χ1v) is 35.3. The van der Waals surface area contributed by atoms with Gasteiger partial charge in [-0.25, -0.2) is 0 Å². The van der Waals surface area contributed by atoms with Crippen LogP contribution in [0.25, 0.3) is 0 Å². The highest BCUT2D eigenvalue weighted by Crippen LogP contribution is 2.40. The van der Waals surface area contributed by atoms with E-state index in [-0.39, 0.29) is 0 Å². The van der Waals surface area contributed by atoms with Crippen LogP contribution in [0.1, 0.15) is 41.5 Å². The molecule has 27 N–H and O–H groups in total. The Bertz CT molecular complexity index is 2930. The van der Waals surface area contributed by atoms with Crippen LogP contribution in [0.3, 0.4) is 0 Å². The van der Waals surface area contributed by atoms with Gasteiger partial charge in [0.25, 0.3) is 0 Å². The normalized spacial score (nSPS) is 49.6. The minimum Gasteiger partial charge on any atom is -0.394 e. The average Bonchev–Trinajstić information content (AvgIpc) is 0.761. The van der Waals surface area contributed by atoms with E-state index in [1.165, 1.54) is 13.8 Å². The van der Waals surface area contributed by atoms with Crippen molar-refractivity contribution in [3.8, 4) is 0 Å². The number of rotatable bonds is 27. The Balaban J connectivity index is 1.06. The number of aliphatic hydroxyl groups is 23. The lowest BCUT2D eigenvalue weighted by molar-refractivity contribution is -0.401. The summed E-state index contributed by atoms with van der Waals surface area (Å²) < 4.78 is 102. The van der Waals surface area contributed by atoms with Gasteiger partial charge in [-0.2, -0.15) is 0 Å². The quantitative estimate of drug-likeness (QED) is 0.0363. The van der Waals surface area contributed by atoms with Gasteiger partial charge in [0.1, 0.15) is 207 Å². The SMILES string of the molecule is CC(=O)N[C@H]1[C@H](O[C@H]2[C@H](O)[C@@H](NC(C)=O)C(O)O[C@@H]2CO[C@H]2O[C@H](C)[C@H](O)[C@H](O)[C@H]2O)O[C@H](CO)[C@@H](O[C@H]2O[C@@H](CO[C@@H]3O[C@@H](CO)[C@H](O)[C@@H](O)[C@H]3O)[C@H](O)[C@@H](O[C@@H]3O[C@@H](CO)[C@H](O)[C@@H](O)[C@H]3O[C@@H]3O[C@H](CO)[C@@H](O[C@@H]4O[C@H](CO)[C@@H](O)[C@H](O)[C@H]4NC(C)=O)[C@H](O[C@H]4O[C@H](C)[C@H](O)[C@H](O)[C@H]4O)[C@H]3NC(C)=O)[C@H]2O)[C@@H]1O. The third-order valence-electron chi connectivity index (χ3n) is 20.3. The van der Waals surface area contributed by atoms with E-state index in [9.17, 15) is 137 Å². The van der Waals surface area contributed by atoms with Crippen LogP contribution in [0.5, 0.6) is 0 Å². The van der Waals surface area contributed by atoms with Crippen LogP contribution < -0.4 is 21.3 Å². The highest BCUT2D eigenvalue weighted by molar-refractivity contribution is 5.74. The van der Waals surface area contributed by atoms with E-state index in [0.717, 1.165) is 27.7 Å². The van der Waals surface area contributed by atoms with Crippen molar-refractivity contribution in [2.24, 2.45) is 0 Å². The summed E-state index contributed by atoms with van der Waals surface area (Å²) in [5.41, 5.74) is 0. The molecule has 0 aromatic heterocycles. The monoisotopic (exact) mass is 1610 g/mol. The van der Waals surface area contributed by atoms with Gasteiger partial charge in [-0.05, 0) is 13.8 Å². The summed E-state index contributed by atoms with van der Waals surface area (Å²) >= 11 is 0. The summed E-state index contributed by atoms with van der Waals surface area (Å²) in [6, 6.07) is -7.43. The maximum atomic E-state index is 13.5. The highest BCUT2D eigenvalue weighted by atomic mass is 16.8. The zero-order chi connectivity index (χ0) is 81.1. The standard InChI is InChI=1S/C62H104N4O44/c1-14-31(76)40(85)44(89)58(96-14)95-13-26-49(38(83)27(54(93)98-26)63-16(3)72)105-56-29(65-18(5)74)39(84)48(23(10-70)102-56)106-61-47(92)52(36(81)25(104-61)12-94-59-45(90)42(87)34(79)21(8-68)100-59)109-62-53(43(88)35(80)22(9-69)101-62)110-57-30(66-19(6)75)51(108-60-46(91)41(86)32(77)15(2)97-60)50(24(11-71)103-57)107-55-28(64-17(4)73)37(82)33(78)20(7-67)99-55/h14-15,20-62,67-71,76-93H,7-13H2,1-6H3,(H,63,72)(H,64,73)(H,65,74)(H,66,75)/t14-,15-,20-,21+,22+,23-,24-,25+,26-,27-,28-,29-,30-,31+,32+,33-,34+,35+,36+,37-,38-,39-,40+,41+,42-,43-,44-,45-,46-,47-,48-,49-,50-,51-,52-,53-,54?,55+,56+,57+,58+,59-,60-,61-,62+/m1/s1. The van der Waals surface area contributed by atoms with Gasteiger partial charge in [0.05, 0.1) is 58.5 Å². The second kappa shape index (κ2) is 39.0. The summed E-state index contributed by atoms with van der Waals surface area (Å²) in [6.45, 7) is -0.963. The number of hydrogen-bond acceptors (Lipinski definition) is 44. The minimum atomic E-state index is -2.54. The molecular formula is C62H104N4O44. The third-order valence-corrected chi connectivity index (χ3v) is 20.3. The zero-order valence-electron chi connectivity index (χ0n) is 59.8. The fourth-order valence-corrected chi connectivity index (χ4v) is 14.2. The van der Waals surface area contributed by atoms with E-state index in [1.807, 2.05) is 0 Å². The number of carbonyl (C=O) groups is 4. The molecular weight excluding hydrogens is 1500 g/mol. The molecule has 0 aromatic rings. The molecule has 0 aromatic carbocycles. The van der Waals surface area contributed by atoms with E-state index < -0.39 is 346 Å². The van der Waals surface area contributed by atoms with E-state index in [0.29, 0.717) is 0 Å². The Hall–Kier alpha value is -3.72. The number of ether oxygens (including phenoxy) is 17. The second-order valence-corrected chi connectivity index (χ2v) is 28.2. The van der Waals surface area contributed by atoms with E-state index in [4.69, 9.17) is 80.5 Å². The smallest absolute Gasteiger partial charge is 0.217 e. The maximum Gasteiger partial charge on any atom is 0.217 e. The van der Waals surface area contributed by atoms with Crippen molar-refractivity contribution in [1.29, 1.82) is 0 Å². The van der Waals surface area contributed by atoms with Crippen LogP contribution in [-0.2, 0) is 99.7 Å². The minimum absolute atomic E-state index is 0.817. The number of nitrogens with one attached hydrogen (secondary N) is 4. The molecule has 9 saturated heterocycles. The molecule has 9 rings (SSSR count). The zero-order valence-corrected chi connectivity index (χ0v) is 59.8. The summed E-state index contributed by atoms with van der Waals surface area (Å²) in [6.07, 6.45) is -82.3. The highest BCUT2D eigenvalue weighted by Gasteiger charge is 2.61. The lowest BCUT2D eigenvalue weighted by atomic mass is 9.93. The van der Waals surface area contributed by atoms with Crippen LogP contribution in [0.2, 0.25) is 0 Å². The van der Waals surface area contributed by atoms with Crippen molar-refractivity contribution in [3.05, 3.63) is 0 Å². The fourth-order valence-electron chi connectivity index (χ4n) is 14.2. The Labute approximate surface area is 624 Å². The maximum absolute atomic E-state index is 13.5. The lowest BCUT2D eigenvalue weighted by Crippen LogP contribution is -2.72. The molecule has 9 aliphatic rings. The van der Waals surface area contributed by atoms with Crippen LogP contribution >= 0.6 is 0 Å². The second-order valence-electron chi connectivity index (χ2n) is 28.2. The van der Waals surface area contributed by atoms with Gasteiger partial charge in [-0.3, -0.25) is 19.2 Å². The van der Waals surface area contributed by atoms with Crippen LogP contribution in [0.15, 0.2) is 0 Å². The fraction of sp³-hybridized carbons (Fsp3) is 0.935. The third kappa shape index (κ3) is 19.9. The Morgan fingerprint density at radius 3 is 1.11 bits per heavy atom. The number of amides is 4. The lowest BCUT2D eigenvalue weighted by Gasteiger charge is -2.52. The molecule has 1 unspecified atom stereocenters. The van der Waals surface area contributed by atoms with Crippen molar-refractivity contribution in [1.82, 2.24) is 21.3 Å². The molecule has 45 atom stereocenters. The van der Waals surface area contributed by atoms with Gasteiger partial charge in [0.15, 0.2) is 56.6 Å². The van der Waals surface area contributed by atoms with E-state index in [2.05, 4.69) is 21.3 Å². The molecule has 48 heteroatoms. The van der Waals surface area contributed by atoms with Crippen molar-refractivity contribution >= 4 is 23.6 Å². The molecule has 9 heterocycles. The molecule has 0 aliphatic carbocycles. The Kier molecular flexibility index (Phi) is 32.0. The van der Waals surface area contributed by atoms with E-state index in [1.54, 1.807) is 0 Å². The first-order valence-electron chi connectivity index (χ1n) is 35.3. The molecule has 110 heavy (non-hydrogen) atoms. The molecule has 48 nitrogen and oxygen atoms in total. The van der Waals surface area contributed by atoms with Crippen molar-refractivity contribution in [2.45, 2.75) is 318 Å². The van der Waals surface area contributed by atoms with Crippen LogP contribution in [0.4, 0.5) is 0 Å². The van der Waals surface area contributed by atoms with Gasteiger partial charge in [-0.1, -0.05) is 0 Å². The summed E-state index contributed by atoms with van der Waals surface area (Å²) in [7, 11) is 0. The topological polar surface area (TPSA) is 739 Å². The van der Waals surface area contributed by atoms with Gasteiger partial charge >= 0.3 is 0 Å². The molecule has 636 valence electrons. The number of aliphatic hydroxyl groups excluding tert-OH is 23. The van der Waals surface area contributed by atoms with Gasteiger partial charge in [0, 0.05) is 27.7 Å². The summed E-state index contributed by atoms with van der Waals surface area (Å²) in [5.74, 6) is -3.60. The van der Waals surface area contributed by atoms with E-state index >= 15 is 0 Å². The van der Waals surface area contributed by atoms with Gasteiger partial charge in [-0.15, -0.1) is 0 Å². The Morgan fingerprint density at radius 2 is 0.582 bits per heavy atom. The molecule has 0 spiro atoms. The number of hydrogen-bond donors (Lipinski definition) is 27. The van der Waals surface area contributed by atoms with Crippen molar-refractivity contribution < 1.29 is 217 Å². The molecule has 0 radical (unpaired) electrons. The predicted octanol–water partition coefficient (Wildman–Crippen LogP) is -18.0. The molecule has 9 aliphatic heterocycles. The first-order chi connectivity index (χ1) is 51.9. The molecule has 0 bridgehead atoms.